The third-order valence-electron chi connectivity index (χ3n) is 9.02. The maximum Gasteiger partial charge on any atom is 0.271 e. The van der Waals surface area contributed by atoms with E-state index >= 15 is 0 Å². The summed E-state index contributed by atoms with van der Waals surface area (Å²) in [7, 11) is 3.18. The van der Waals surface area contributed by atoms with Crippen LogP contribution in [0, 0.1) is 13.8 Å². The van der Waals surface area contributed by atoms with E-state index in [-0.39, 0.29) is 11.5 Å². The van der Waals surface area contributed by atoms with Gasteiger partial charge in [-0.05, 0) is 93.8 Å². The van der Waals surface area contributed by atoms with Gasteiger partial charge in [0.25, 0.3) is 11.5 Å². The quantitative estimate of drug-likeness (QED) is 0.189. The lowest BCUT2D eigenvalue weighted by Crippen LogP contribution is -2.43. The van der Waals surface area contributed by atoms with Crippen LogP contribution in [0.1, 0.15) is 49.3 Å². The van der Waals surface area contributed by atoms with Crippen LogP contribution in [0.2, 0.25) is 0 Å². The van der Waals surface area contributed by atoms with Crippen molar-refractivity contribution in [3.05, 3.63) is 132 Å². The number of nitrogens with zero attached hydrogens (tertiary/aromatic N) is 4. The number of fused-ring (bicyclic) bond motifs is 1. The lowest BCUT2D eigenvalue weighted by molar-refractivity contribution is -0.127. The van der Waals surface area contributed by atoms with Crippen molar-refractivity contribution in [1.82, 2.24) is 14.0 Å². The molecule has 1 aliphatic heterocycles. The first-order valence-corrected chi connectivity index (χ1v) is 16.9. The number of benzene rings is 3. The maximum atomic E-state index is 14.4. The van der Waals surface area contributed by atoms with Crippen LogP contribution in [0.5, 0.6) is 11.5 Å². The number of rotatable bonds is 9. The number of aromatic nitrogens is 2. The van der Waals surface area contributed by atoms with Crippen LogP contribution in [0.4, 0.5) is 0 Å². The van der Waals surface area contributed by atoms with Crippen LogP contribution in [0.15, 0.2) is 99.9 Å². The lowest BCUT2D eigenvalue weighted by atomic mass is 9.93. The number of carbonyl (C=O) groups excluding carboxylic acids is 1. The smallest absolute Gasteiger partial charge is 0.271 e. The molecule has 2 aromatic heterocycles. The molecule has 5 aromatic rings. The van der Waals surface area contributed by atoms with E-state index in [2.05, 4.69) is 60.9 Å². The lowest BCUT2D eigenvalue weighted by Gasteiger charge is -2.30. The van der Waals surface area contributed by atoms with Gasteiger partial charge in [-0.2, -0.15) is 0 Å². The average molecular weight is 661 g/mol. The minimum Gasteiger partial charge on any atom is -0.497 e. The summed E-state index contributed by atoms with van der Waals surface area (Å²) in [4.78, 5) is 35.6. The summed E-state index contributed by atoms with van der Waals surface area (Å²) >= 11 is 1.32. The van der Waals surface area contributed by atoms with Crippen molar-refractivity contribution < 1.29 is 14.3 Å². The average Bonchev–Trinajstić information content (AvgIpc) is 3.57. The number of aryl methyl sites for hydroxylation is 1. The Kier molecular flexibility index (Phi) is 9.24. The van der Waals surface area contributed by atoms with Gasteiger partial charge in [0, 0.05) is 35.7 Å². The number of carbonyl (C=O) groups is 1. The second-order valence-electron chi connectivity index (χ2n) is 11.7. The highest BCUT2D eigenvalue weighted by atomic mass is 32.1. The number of methoxy groups -OCH3 is 2. The maximum absolute atomic E-state index is 14.4. The molecule has 48 heavy (non-hydrogen) atoms. The number of hydrogen-bond acceptors (Lipinski definition) is 6. The third-order valence-corrected chi connectivity index (χ3v) is 10.0. The molecule has 0 N–H and O–H groups in total. The van der Waals surface area contributed by atoms with Gasteiger partial charge in [0.05, 0.1) is 30.0 Å². The van der Waals surface area contributed by atoms with E-state index in [4.69, 9.17) is 14.5 Å². The molecule has 0 fully saturated rings. The molecule has 1 amide bonds. The second kappa shape index (κ2) is 13.5. The van der Waals surface area contributed by atoms with Gasteiger partial charge in [-0.15, -0.1) is 0 Å². The summed E-state index contributed by atoms with van der Waals surface area (Å²) in [6.45, 7) is 10.9. The molecule has 0 radical (unpaired) electrons. The molecule has 0 bridgehead atoms. The summed E-state index contributed by atoms with van der Waals surface area (Å²) in [6.07, 6.45) is 1.94. The standard InChI is InChI=1S/C39H40N4O4S/c1-8-41(9-2)38(45)35-25(4)40-39-43(36(35)32-23-31(46-6)19-20-33(32)47-7)37(44)34(48-39)22-29-21-24(3)42(26(29)5)30-17-15-28(16-18-30)27-13-11-10-12-14-27/h10-23,36H,8-9H2,1-7H3/b34-22+/t36-/m1/s1. The Morgan fingerprint density at radius 2 is 1.60 bits per heavy atom. The molecule has 0 saturated heterocycles. The fourth-order valence-corrected chi connectivity index (χ4v) is 7.57. The molecule has 0 unspecified atom stereocenters. The van der Waals surface area contributed by atoms with Crippen LogP contribution in [0.25, 0.3) is 22.9 Å². The van der Waals surface area contributed by atoms with Gasteiger partial charge in [-0.1, -0.05) is 53.8 Å². The van der Waals surface area contributed by atoms with Crippen molar-refractivity contribution in [3.8, 4) is 28.3 Å². The minimum absolute atomic E-state index is 0.160. The minimum atomic E-state index is -0.753. The van der Waals surface area contributed by atoms with Crippen LogP contribution in [-0.4, -0.2) is 47.3 Å². The SMILES string of the molecule is CCN(CC)C(=O)C1=C(C)N=c2s/c(=C/c3cc(C)n(-c4ccc(-c5ccccc5)cc4)c3C)c(=O)n2[C@@H]1c1cc(OC)ccc1OC. The fraction of sp³-hybridized carbons (Fsp3) is 0.256. The molecular formula is C39H40N4O4S. The van der Waals surface area contributed by atoms with E-state index in [1.807, 2.05) is 51.1 Å². The highest BCUT2D eigenvalue weighted by Gasteiger charge is 2.36. The molecule has 1 atom stereocenters. The summed E-state index contributed by atoms with van der Waals surface area (Å²) in [5.41, 5.74) is 7.85. The summed E-state index contributed by atoms with van der Waals surface area (Å²) in [5.74, 6) is 0.991. The van der Waals surface area contributed by atoms with Gasteiger partial charge in [-0.25, -0.2) is 4.99 Å². The van der Waals surface area contributed by atoms with Gasteiger partial charge in [0.15, 0.2) is 4.80 Å². The van der Waals surface area contributed by atoms with Gasteiger partial charge in [0.2, 0.25) is 0 Å². The third kappa shape index (κ3) is 5.79. The highest BCUT2D eigenvalue weighted by molar-refractivity contribution is 7.07. The van der Waals surface area contributed by atoms with E-state index in [9.17, 15) is 9.59 Å². The second-order valence-corrected chi connectivity index (χ2v) is 12.8. The number of hydrogen-bond donors (Lipinski definition) is 0. The van der Waals surface area contributed by atoms with Gasteiger partial charge >= 0.3 is 0 Å². The fourth-order valence-electron chi connectivity index (χ4n) is 6.53. The normalized spacial score (nSPS) is 14.5. The number of thiazole rings is 1. The van der Waals surface area contributed by atoms with E-state index < -0.39 is 6.04 Å². The van der Waals surface area contributed by atoms with Crippen molar-refractivity contribution in [3.63, 3.8) is 0 Å². The Labute approximate surface area is 284 Å². The molecule has 0 saturated carbocycles. The zero-order chi connectivity index (χ0) is 34.1. The van der Waals surface area contributed by atoms with E-state index in [1.165, 1.54) is 16.9 Å². The van der Waals surface area contributed by atoms with Crippen molar-refractivity contribution in [2.45, 2.75) is 40.7 Å². The molecule has 3 heterocycles. The summed E-state index contributed by atoms with van der Waals surface area (Å²) < 4.78 is 15.7. The molecule has 0 spiro atoms. The number of likely N-dealkylation sites (N-methyl/N-ethyl adjacent to an activating group) is 1. The van der Waals surface area contributed by atoms with Crippen LogP contribution < -0.4 is 24.4 Å². The molecule has 8 nitrogen and oxygen atoms in total. The Morgan fingerprint density at radius 3 is 2.25 bits per heavy atom. The molecule has 9 heteroatoms. The van der Waals surface area contributed by atoms with Gasteiger partial charge in [0.1, 0.15) is 17.5 Å². The predicted octanol–water partition coefficient (Wildman–Crippen LogP) is 6.20. The van der Waals surface area contributed by atoms with Crippen molar-refractivity contribution in [2.75, 3.05) is 27.3 Å². The largest absolute Gasteiger partial charge is 0.497 e. The first-order chi connectivity index (χ1) is 23.2. The zero-order valence-electron chi connectivity index (χ0n) is 28.4. The Balaban J connectivity index is 1.49. The topological polar surface area (TPSA) is 78.1 Å². The van der Waals surface area contributed by atoms with E-state index in [1.54, 1.807) is 35.8 Å². The zero-order valence-corrected chi connectivity index (χ0v) is 29.2. The number of amides is 1. The highest BCUT2D eigenvalue weighted by Crippen LogP contribution is 2.38. The molecular weight excluding hydrogens is 621 g/mol. The Morgan fingerprint density at radius 1 is 0.917 bits per heavy atom. The number of ether oxygens (including phenoxy) is 2. The number of allylic oxidation sites excluding steroid dienone is 1. The molecule has 1 aliphatic rings. The first-order valence-electron chi connectivity index (χ1n) is 16.1. The monoisotopic (exact) mass is 660 g/mol. The van der Waals surface area contributed by atoms with E-state index in [0.717, 1.165) is 28.2 Å². The van der Waals surface area contributed by atoms with Gasteiger partial charge < -0.3 is 18.9 Å². The van der Waals surface area contributed by atoms with Crippen LogP contribution in [0.3, 0.4) is 0 Å². The van der Waals surface area contributed by atoms with E-state index in [0.29, 0.717) is 50.8 Å². The summed E-state index contributed by atoms with van der Waals surface area (Å²) in [5, 5.41) is 0. The van der Waals surface area contributed by atoms with Crippen molar-refractivity contribution >= 4 is 23.3 Å². The van der Waals surface area contributed by atoms with Gasteiger partial charge in [-0.3, -0.25) is 14.2 Å². The molecule has 0 aliphatic carbocycles. The van der Waals surface area contributed by atoms with Crippen molar-refractivity contribution in [2.24, 2.45) is 4.99 Å². The van der Waals surface area contributed by atoms with Crippen molar-refractivity contribution in [1.29, 1.82) is 0 Å². The Bertz CT molecular complexity index is 2200. The predicted molar refractivity (Wildman–Crippen MR) is 192 cm³/mol. The Hall–Kier alpha value is -5.15. The van der Waals surface area contributed by atoms with Crippen LogP contribution >= 0.6 is 11.3 Å². The first kappa shape index (κ1) is 32.8. The molecule has 6 rings (SSSR count). The molecule has 246 valence electrons. The summed E-state index contributed by atoms with van der Waals surface area (Å²) in [6, 6.07) is 25.6. The van der Waals surface area contributed by atoms with Crippen LogP contribution in [-0.2, 0) is 4.79 Å². The molecule has 3 aromatic carbocycles.